The van der Waals surface area contributed by atoms with E-state index in [1.165, 1.54) is 41.3 Å². The number of carbonyl (C=O) groups is 1. The molecular weight excluding hydrogens is 474 g/mol. The van der Waals surface area contributed by atoms with E-state index in [-0.39, 0.29) is 11.2 Å². The van der Waals surface area contributed by atoms with Crippen molar-refractivity contribution in [3.05, 3.63) is 78.2 Å². The van der Waals surface area contributed by atoms with Crippen molar-refractivity contribution in [3.8, 4) is 0 Å². The molecule has 1 aromatic heterocycles. The maximum absolute atomic E-state index is 13.4. The minimum absolute atomic E-state index is 0.132. The standard InChI is InChI=1S/C23H19N5O4S2/c1-4-26-21(30)19(23-25(3)16-10-5-6-11-17(16)33-23)34-22(26)18-13(2)24-27(20(18)29)14-8-7-9-15(12-14)28(31)32/h5-12H,4H2,1-3H3/b22-18+,23-19-. The number of nitro groups is 1. The molecule has 11 heteroatoms. The Bertz CT molecular complexity index is 1590. The molecule has 0 fully saturated rings. The van der Waals surface area contributed by atoms with Crippen LogP contribution < -0.4 is 24.7 Å². The molecule has 2 aromatic carbocycles. The fourth-order valence-corrected chi connectivity index (χ4v) is 6.59. The Morgan fingerprint density at radius 1 is 1.12 bits per heavy atom. The number of rotatable bonds is 3. The summed E-state index contributed by atoms with van der Waals surface area (Å²) in [4.78, 5) is 40.5. The van der Waals surface area contributed by atoms with E-state index in [1.807, 2.05) is 43.1 Å². The second-order valence-electron chi connectivity index (χ2n) is 7.67. The van der Waals surface area contributed by atoms with Crippen LogP contribution in [0.15, 0.2) is 63.3 Å². The lowest BCUT2D eigenvalue weighted by molar-refractivity contribution is -0.384. The molecule has 5 rings (SSSR count). The van der Waals surface area contributed by atoms with Crippen molar-refractivity contribution >= 4 is 62.4 Å². The van der Waals surface area contributed by atoms with Gasteiger partial charge in [0.2, 0.25) is 0 Å². The minimum atomic E-state index is -0.517. The number of hydrogen-bond donors (Lipinski definition) is 0. The normalized spacial score (nSPS) is 18.4. The van der Waals surface area contributed by atoms with Crippen molar-refractivity contribution in [1.82, 2.24) is 4.57 Å². The van der Waals surface area contributed by atoms with Gasteiger partial charge in [-0.15, -0.1) is 11.3 Å². The minimum Gasteiger partial charge on any atom is -0.337 e. The van der Waals surface area contributed by atoms with E-state index in [2.05, 4.69) is 5.10 Å². The predicted molar refractivity (Wildman–Crippen MR) is 135 cm³/mol. The van der Waals surface area contributed by atoms with Crippen molar-refractivity contribution < 1.29 is 9.72 Å². The second-order valence-corrected chi connectivity index (χ2v) is 9.70. The van der Waals surface area contributed by atoms with E-state index in [1.54, 1.807) is 17.6 Å². The lowest BCUT2D eigenvalue weighted by Gasteiger charge is -2.11. The van der Waals surface area contributed by atoms with Gasteiger partial charge in [0.25, 0.3) is 17.2 Å². The first-order valence-corrected chi connectivity index (χ1v) is 12.1. The highest BCUT2D eigenvalue weighted by atomic mass is 32.2. The van der Waals surface area contributed by atoms with Crippen LogP contribution in [0.3, 0.4) is 0 Å². The van der Waals surface area contributed by atoms with Crippen molar-refractivity contribution in [1.29, 1.82) is 0 Å². The van der Waals surface area contributed by atoms with E-state index >= 15 is 0 Å². The van der Waals surface area contributed by atoms with E-state index < -0.39 is 10.8 Å². The highest BCUT2D eigenvalue weighted by Gasteiger charge is 2.32. The molecule has 34 heavy (non-hydrogen) atoms. The van der Waals surface area contributed by atoms with Gasteiger partial charge in [0.05, 0.1) is 27.6 Å². The summed E-state index contributed by atoms with van der Waals surface area (Å²) >= 11 is 2.80. The highest BCUT2D eigenvalue weighted by molar-refractivity contribution is 8.08. The molecule has 0 saturated carbocycles. The van der Waals surface area contributed by atoms with Gasteiger partial charge < -0.3 is 4.90 Å². The first-order chi connectivity index (χ1) is 16.3. The first kappa shape index (κ1) is 22.1. The number of anilines is 2. The maximum Gasteiger partial charge on any atom is 0.283 e. The van der Waals surface area contributed by atoms with Gasteiger partial charge in [0.15, 0.2) is 0 Å². The molecular formula is C23H19N5O4S2. The second kappa shape index (κ2) is 8.26. The fourth-order valence-electron chi connectivity index (χ4n) is 3.99. The third kappa shape index (κ3) is 3.35. The van der Waals surface area contributed by atoms with Gasteiger partial charge in [-0.25, -0.2) is 0 Å². The summed E-state index contributed by atoms with van der Waals surface area (Å²) in [5.74, 6) is -0.422. The topological polar surface area (TPSA) is 101 Å². The number of fused-ring (bicyclic) bond motifs is 1. The Morgan fingerprint density at radius 2 is 1.88 bits per heavy atom. The van der Waals surface area contributed by atoms with Gasteiger partial charge >= 0.3 is 0 Å². The molecule has 0 radical (unpaired) electrons. The molecule has 0 saturated heterocycles. The number of benzene rings is 2. The lowest BCUT2D eigenvalue weighted by atomic mass is 10.2. The summed E-state index contributed by atoms with van der Waals surface area (Å²) < 4.78 is 2.68. The molecule has 0 bridgehead atoms. The van der Waals surface area contributed by atoms with Gasteiger partial charge in [-0.3, -0.25) is 24.3 Å². The van der Waals surface area contributed by atoms with Gasteiger partial charge in [-0.05, 0) is 32.0 Å². The van der Waals surface area contributed by atoms with Crippen molar-refractivity contribution in [2.45, 2.75) is 25.3 Å². The molecule has 0 atom stereocenters. The summed E-state index contributed by atoms with van der Waals surface area (Å²) in [6.45, 7) is 3.95. The molecule has 0 unspecified atom stereocenters. The highest BCUT2D eigenvalue weighted by Crippen LogP contribution is 2.44. The summed E-state index contributed by atoms with van der Waals surface area (Å²) in [5, 5.41) is 17.5. The zero-order chi connectivity index (χ0) is 24.1. The Kier molecular flexibility index (Phi) is 5.37. The number of aromatic nitrogens is 1. The third-order valence-corrected chi connectivity index (χ3v) is 8.20. The quantitative estimate of drug-likeness (QED) is 0.411. The number of hydrazone groups is 1. The Morgan fingerprint density at radius 3 is 2.59 bits per heavy atom. The van der Waals surface area contributed by atoms with Crippen LogP contribution in [-0.4, -0.2) is 28.2 Å². The average Bonchev–Trinajstić information content (AvgIpc) is 3.44. The van der Waals surface area contributed by atoms with Crippen LogP contribution in [0.4, 0.5) is 17.1 Å². The number of para-hydroxylation sites is 1. The van der Waals surface area contributed by atoms with E-state index in [9.17, 15) is 19.7 Å². The monoisotopic (exact) mass is 493 g/mol. The Balaban J connectivity index is 1.69. The van der Waals surface area contributed by atoms with Crippen LogP contribution in [0.25, 0.3) is 10.6 Å². The SMILES string of the molecule is CCn1c(=O)/c(=C2/Sc3ccccc3N2C)s/c1=C1/C(=O)N(c2cccc([N+](=O)[O-])c2)N=C1C. The summed E-state index contributed by atoms with van der Waals surface area (Å²) in [6.07, 6.45) is 0. The van der Waals surface area contributed by atoms with Crippen molar-refractivity contribution in [3.63, 3.8) is 0 Å². The van der Waals surface area contributed by atoms with Gasteiger partial charge in [0, 0.05) is 30.6 Å². The van der Waals surface area contributed by atoms with Crippen LogP contribution in [0.2, 0.25) is 0 Å². The van der Waals surface area contributed by atoms with E-state index in [0.717, 1.165) is 20.6 Å². The largest absolute Gasteiger partial charge is 0.337 e. The van der Waals surface area contributed by atoms with Gasteiger partial charge in [0.1, 0.15) is 14.2 Å². The summed E-state index contributed by atoms with van der Waals surface area (Å²) in [5.41, 5.74) is 1.81. The maximum atomic E-state index is 13.4. The number of hydrogen-bond acceptors (Lipinski definition) is 8. The van der Waals surface area contributed by atoms with Gasteiger partial charge in [-0.2, -0.15) is 10.1 Å². The number of carbonyl (C=O) groups excluding carboxylic acids is 1. The number of thiazole rings is 1. The van der Waals surface area contributed by atoms with Crippen molar-refractivity contribution in [2.75, 3.05) is 17.0 Å². The smallest absolute Gasteiger partial charge is 0.283 e. The first-order valence-electron chi connectivity index (χ1n) is 10.4. The summed E-state index contributed by atoms with van der Waals surface area (Å²) in [6, 6.07) is 13.7. The molecule has 0 aliphatic carbocycles. The molecule has 0 N–H and O–H groups in total. The van der Waals surface area contributed by atoms with Crippen molar-refractivity contribution in [2.24, 2.45) is 5.10 Å². The molecule has 9 nitrogen and oxygen atoms in total. The van der Waals surface area contributed by atoms with Crippen LogP contribution in [0, 0.1) is 10.1 Å². The number of thioether (sulfide) groups is 1. The summed E-state index contributed by atoms with van der Waals surface area (Å²) in [7, 11) is 1.92. The van der Waals surface area contributed by atoms with Crippen LogP contribution in [-0.2, 0) is 11.3 Å². The Hall–Kier alpha value is -3.70. The fraction of sp³-hybridized carbons (Fsp3) is 0.174. The van der Waals surface area contributed by atoms with Crippen LogP contribution in [0.1, 0.15) is 13.8 Å². The molecule has 1 amide bonds. The number of nitrogens with zero attached hydrogens (tertiary/aromatic N) is 5. The number of non-ortho nitro benzene ring substituents is 1. The molecule has 3 heterocycles. The lowest BCUT2D eigenvalue weighted by Crippen LogP contribution is -2.35. The molecule has 3 aromatic rings. The van der Waals surface area contributed by atoms with Gasteiger partial charge in [-0.1, -0.05) is 30.0 Å². The Labute approximate surface area is 202 Å². The zero-order valence-electron chi connectivity index (χ0n) is 18.5. The molecule has 172 valence electrons. The number of nitro benzene ring substituents is 1. The molecule has 0 spiro atoms. The molecule has 2 aliphatic rings. The predicted octanol–water partition coefficient (Wildman–Crippen LogP) is 2.72. The molecule has 2 aliphatic heterocycles. The average molecular weight is 494 g/mol. The van der Waals surface area contributed by atoms with Crippen LogP contribution >= 0.6 is 23.1 Å². The van der Waals surface area contributed by atoms with E-state index in [4.69, 9.17) is 0 Å². The zero-order valence-corrected chi connectivity index (χ0v) is 20.1. The third-order valence-electron chi connectivity index (χ3n) is 5.65. The van der Waals surface area contributed by atoms with Crippen LogP contribution in [0.5, 0.6) is 0 Å². The van der Waals surface area contributed by atoms with E-state index in [0.29, 0.717) is 32.7 Å². The number of amides is 1.